The number of benzene rings is 3. The molecule has 0 fully saturated rings. The third-order valence-electron chi connectivity index (χ3n) is 4.55. The van der Waals surface area contributed by atoms with Crippen LogP contribution >= 0.6 is 0 Å². The van der Waals surface area contributed by atoms with Gasteiger partial charge in [0.25, 0.3) is 11.8 Å². The summed E-state index contributed by atoms with van der Waals surface area (Å²) in [5.41, 5.74) is 2.86. The van der Waals surface area contributed by atoms with Crippen LogP contribution in [0.4, 0.5) is 5.69 Å². The molecule has 0 aliphatic carbocycles. The van der Waals surface area contributed by atoms with Gasteiger partial charge in [-0.05, 0) is 67.1 Å². The first-order valence-corrected chi connectivity index (χ1v) is 9.67. The van der Waals surface area contributed by atoms with Crippen molar-refractivity contribution < 1.29 is 19.1 Å². The van der Waals surface area contributed by atoms with Crippen LogP contribution < -0.4 is 20.1 Å². The van der Waals surface area contributed by atoms with Gasteiger partial charge in [-0.25, -0.2) is 0 Å². The standard InChI is InChI=1S/C25H24N2O4/c1-17-5-4-6-19(15-17)24(28)27-23(16-18-7-11-21(30-2)12-8-18)25(29)26-20-9-13-22(31-3)14-10-20/h4-16H,1-3H3,(H,26,29)(H,27,28)/b23-16+. The van der Waals surface area contributed by atoms with Crippen molar-refractivity contribution in [1.29, 1.82) is 0 Å². The fourth-order valence-electron chi connectivity index (χ4n) is 2.88. The van der Waals surface area contributed by atoms with Gasteiger partial charge in [-0.15, -0.1) is 0 Å². The molecular formula is C25H24N2O4. The smallest absolute Gasteiger partial charge is 0.272 e. The monoisotopic (exact) mass is 416 g/mol. The average molecular weight is 416 g/mol. The van der Waals surface area contributed by atoms with Crippen molar-refractivity contribution in [3.8, 4) is 11.5 Å². The van der Waals surface area contributed by atoms with E-state index >= 15 is 0 Å². The Labute approximate surface area is 181 Å². The first kappa shape index (κ1) is 21.6. The summed E-state index contributed by atoms with van der Waals surface area (Å²) in [6.07, 6.45) is 1.62. The van der Waals surface area contributed by atoms with Crippen molar-refractivity contribution in [2.45, 2.75) is 6.92 Å². The lowest BCUT2D eigenvalue weighted by atomic mass is 10.1. The predicted octanol–water partition coefficient (Wildman–Crippen LogP) is 4.42. The van der Waals surface area contributed by atoms with E-state index in [-0.39, 0.29) is 11.6 Å². The van der Waals surface area contributed by atoms with Gasteiger partial charge >= 0.3 is 0 Å². The molecule has 31 heavy (non-hydrogen) atoms. The Morgan fingerprint density at radius 2 is 1.45 bits per heavy atom. The van der Waals surface area contributed by atoms with Crippen molar-refractivity contribution in [2.75, 3.05) is 19.5 Å². The number of rotatable bonds is 7. The van der Waals surface area contributed by atoms with Gasteiger partial charge in [0.1, 0.15) is 17.2 Å². The van der Waals surface area contributed by atoms with Crippen LogP contribution in [0.2, 0.25) is 0 Å². The van der Waals surface area contributed by atoms with Crippen LogP contribution in [0.3, 0.4) is 0 Å². The third-order valence-corrected chi connectivity index (χ3v) is 4.55. The minimum absolute atomic E-state index is 0.118. The molecule has 0 unspecified atom stereocenters. The van der Waals surface area contributed by atoms with Gasteiger partial charge in [-0.3, -0.25) is 9.59 Å². The van der Waals surface area contributed by atoms with E-state index in [2.05, 4.69) is 10.6 Å². The number of hydrogen-bond donors (Lipinski definition) is 2. The molecule has 0 heterocycles. The number of methoxy groups -OCH3 is 2. The highest BCUT2D eigenvalue weighted by Crippen LogP contribution is 2.17. The van der Waals surface area contributed by atoms with Crippen LogP contribution in [0.5, 0.6) is 11.5 Å². The summed E-state index contributed by atoms with van der Waals surface area (Å²) in [5, 5.41) is 5.54. The van der Waals surface area contributed by atoms with Crippen LogP contribution in [-0.4, -0.2) is 26.0 Å². The molecule has 2 amide bonds. The number of nitrogens with one attached hydrogen (secondary N) is 2. The summed E-state index contributed by atoms with van der Waals surface area (Å²) in [4.78, 5) is 25.7. The van der Waals surface area contributed by atoms with Gasteiger partial charge in [-0.2, -0.15) is 0 Å². The molecular weight excluding hydrogens is 392 g/mol. The molecule has 0 aliphatic heterocycles. The van der Waals surface area contributed by atoms with E-state index < -0.39 is 5.91 Å². The fraction of sp³-hybridized carbons (Fsp3) is 0.120. The number of aryl methyl sites for hydroxylation is 1. The van der Waals surface area contributed by atoms with E-state index in [1.54, 1.807) is 87.0 Å². The van der Waals surface area contributed by atoms with Gasteiger partial charge in [0, 0.05) is 11.3 Å². The zero-order valence-corrected chi connectivity index (χ0v) is 17.6. The molecule has 3 aromatic carbocycles. The van der Waals surface area contributed by atoms with Crippen molar-refractivity contribution in [3.05, 3.63) is 95.2 Å². The third kappa shape index (κ3) is 5.96. The Kier molecular flexibility index (Phi) is 7.06. The number of ether oxygens (including phenoxy) is 2. The van der Waals surface area contributed by atoms with E-state index in [4.69, 9.17) is 9.47 Å². The maximum Gasteiger partial charge on any atom is 0.272 e. The molecule has 0 saturated heterocycles. The Hall–Kier alpha value is -4.06. The van der Waals surface area contributed by atoms with Gasteiger partial charge in [-0.1, -0.05) is 29.8 Å². The number of amides is 2. The zero-order chi connectivity index (χ0) is 22.2. The van der Waals surface area contributed by atoms with Crippen LogP contribution in [0.1, 0.15) is 21.5 Å². The Morgan fingerprint density at radius 1 is 0.839 bits per heavy atom. The van der Waals surface area contributed by atoms with Crippen LogP contribution in [-0.2, 0) is 4.79 Å². The minimum atomic E-state index is -0.443. The molecule has 3 rings (SSSR count). The second kappa shape index (κ2) is 10.1. The molecule has 0 spiro atoms. The second-order valence-corrected chi connectivity index (χ2v) is 6.84. The molecule has 0 aliphatic rings. The van der Waals surface area contributed by atoms with E-state index in [0.717, 1.165) is 11.1 Å². The molecule has 0 bridgehead atoms. The Morgan fingerprint density at radius 3 is 2.03 bits per heavy atom. The van der Waals surface area contributed by atoms with E-state index in [1.807, 2.05) is 13.0 Å². The molecule has 0 aromatic heterocycles. The van der Waals surface area contributed by atoms with Gasteiger partial charge in [0.05, 0.1) is 14.2 Å². The lowest BCUT2D eigenvalue weighted by Gasteiger charge is -2.12. The zero-order valence-electron chi connectivity index (χ0n) is 17.6. The van der Waals surface area contributed by atoms with Gasteiger partial charge in [0.2, 0.25) is 0 Å². The first-order chi connectivity index (χ1) is 15.0. The summed E-state index contributed by atoms with van der Waals surface area (Å²) in [5.74, 6) is 0.570. The quantitative estimate of drug-likeness (QED) is 0.559. The molecule has 0 radical (unpaired) electrons. The van der Waals surface area contributed by atoms with Crippen LogP contribution in [0, 0.1) is 6.92 Å². The van der Waals surface area contributed by atoms with E-state index in [9.17, 15) is 9.59 Å². The minimum Gasteiger partial charge on any atom is -0.497 e. The molecule has 2 N–H and O–H groups in total. The van der Waals surface area contributed by atoms with Crippen molar-refractivity contribution in [2.24, 2.45) is 0 Å². The summed E-state index contributed by atoms with van der Waals surface area (Å²) >= 11 is 0. The maximum absolute atomic E-state index is 13.0. The molecule has 6 heteroatoms. The van der Waals surface area contributed by atoms with Crippen LogP contribution in [0.15, 0.2) is 78.5 Å². The highest BCUT2D eigenvalue weighted by molar-refractivity contribution is 6.10. The molecule has 158 valence electrons. The topological polar surface area (TPSA) is 76.7 Å². The normalized spacial score (nSPS) is 10.9. The van der Waals surface area contributed by atoms with Gasteiger partial charge < -0.3 is 20.1 Å². The largest absolute Gasteiger partial charge is 0.497 e. The number of carbonyl (C=O) groups is 2. The summed E-state index contributed by atoms with van der Waals surface area (Å²) in [6, 6.07) is 21.3. The first-order valence-electron chi connectivity index (χ1n) is 9.67. The Balaban J connectivity index is 1.87. The summed E-state index contributed by atoms with van der Waals surface area (Å²) in [7, 11) is 3.16. The highest BCUT2D eigenvalue weighted by atomic mass is 16.5. The van der Waals surface area contributed by atoms with E-state index in [0.29, 0.717) is 22.7 Å². The van der Waals surface area contributed by atoms with Gasteiger partial charge in [0.15, 0.2) is 0 Å². The number of carbonyl (C=O) groups excluding carboxylic acids is 2. The van der Waals surface area contributed by atoms with Crippen molar-refractivity contribution >= 4 is 23.6 Å². The lowest BCUT2D eigenvalue weighted by molar-refractivity contribution is -0.113. The SMILES string of the molecule is COc1ccc(/C=C(/NC(=O)c2cccc(C)c2)C(=O)Nc2ccc(OC)cc2)cc1. The highest BCUT2D eigenvalue weighted by Gasteiger charge is 2.15. The number of anilines is 1. The maximum atomic E-state index is 13.0. The molecule has 3 aromatic rings. The lowest BCUT2D eigenvalue weighted by Crippen LogP contribution is -2.30. The van der Waals surface area contributed by atoms with Crippen molar-refractivity contribution in [3.63, 3.8) is 0 Å². The predicted molar refractivity (Wildman–Crippen MR) is 121 cm³/mol. The average Bonchev–Trinajstić information content (AvgIpc) is 2.79. The van der Waals surface area contributed by atoms with Crippen LogP contribution in [0.25, 0.3) is 6.08 Å². The van der Waals surface area contributed by atoms with E-state index in [1.165, 1.54) is 0 Å². The molecule has 0 saturated carbocycles. The fourth-order valence-corrected chi connectivity index (χ4v) is 2.88. The Bertz CT molecular complexity index is 1090. The summed E-state index contributed by atoms with van der Waals surface area (Å²) in [6.45, 7) is 1.90. The molecule has 0 atom stereocenters. The molecule has 6 nitrogen and oxygen atoms in total. The summed E-state index contributed by atoms with van der Waals surface area (Å²) < 4.78 is 10.3. The number of hydrogen-bond acceptors (Lipinski definition) is 4. The van der Waals surface area contributed by atoms with Crippen molar-refractivity contribution in [1.82, 2.24) is 5.32 Å². The second-order valence-electron chi connectivity index (χ2n) is 6.84.